The Bertz CT molecular complexity index is 711. The van der Waals surface area contributed by atoms with Crippen LogP contribution < -0.4 is 10.0 Å². The second-order valence-electron chi connectivity index (χ2n) is 4.84. The highest BCUT2D eigenvalue weighted by Crippen LogP contribution is 2.27. The van der Waals surface area contributed by atoms with Crippen molar-refractivity contribution in [1.82, 2.24) is 5.32 Å². The Hall–Kier alpha value is -0.890. The molecule has 2 N–H and O–H groups in total. The second kappa shape index (κ2) is 6.91. The summed E-state index contributed by atoms with van der Waals surface area (Å²) in [5.41, 5.74) is 0.535. The van der Waals surface area contributed by atoms with E-state index in [-0.39, 0.29) is 0 Å². The quantitative estimate of drug-likeness (QED) is 0.790. The van der Waals surface area contributed by atoms with Gasteiger partial charge < -0.3 is 5.32 Å². The van der Waals surface area contributed by atoms with Crippen LogP contribution in [0.25, 0.3) is 0 Å². The minimum Gasteiger partial charge on any atom is -0.310 e. The Kier molecular flexibility index (Phi) is 5.43. The van der Waals surface area contributed by atoms with Crippen molar-refractivity contribution in [3.63, 3.8) is 0 Å². The number of benzene rings is 1. The van der Waals surface area contributed by atoms with Crippen molar-refractivity contribution < 1.29 is 8.42 Å². The maximum absolute atomic E-state index is 12.4. The van der Waals surface area contributed by atoms with Crippen molar-refractivity contribution in [1.29, 1.82) is 0 Å². The highest BCUT2D eigenvalue weighted by molar-refractivity contribution is 9.10. The van der Waals surface area contributed by atoms with Gasteiger partial charge in [-0.1, -0.05) is 26.0 Å². The van der Waals surface area contributed by atoms with Gasteiger partial charge in [-0.3, -0.25) is 4.72 Å². The number of anilines is 1. The van der Waals surface area contributed by atoms with E-state index < -0.39 is 10.0 Å². The van der Waals surface area contributed by atoms with E-state index in [1.54, 1.807) is 24.3 Å². The van der Waals surface area contributed by atoms with Crippen LogP contribution in [0.4, 0.5) is 5.69 Å². The van der Waals surface area contributed by atoms with Gasteiger partial charge in [0.1, 0.15) is 4.21 Å². The van der Waals surface area contributed by atoms with Gasteiger partial charge in [-0.05, 0) is 40.2 Å². The number of para-hydroxylation sites is 1. The topological polar surface area (TPSA) is 58.2 Å². The molecule has 0 spiro atoms. The molecule has 1 heterocycles. The maximum Gasteiger partial charge on any atom is 0.271 e. The SMILES string of the molecule is CC(C)NCc1ccc(S(=O)(=O)Nc2ccccc2Br)s1. The van der Waals surface area contributed by atoms with E-state index >= 15 is 0 Å². The zero-order valence-corrected chi connectivity index (χ0v) is 15.0. The van der Waals surface area contributed by atoms with Gasteiger partial charge in [0, 0.05) is 21.9 Å². The molecular formula is C14H17BrN2O2S2. The van der Waals surface area contributed by atoms with E-state index in [2.05, 4.69) is 39.8 Å². The monoisotopic (exact) mass is 388 g/mol. The van der Waals surface area contributed by atoms with Crippen molar-refractivity contribution >= 4 is 43.0 Å². The van der Waals surface area contributed by atoms with Crippen LogP contribution in [0, 0.1) is 0 Å². The first kappa shape index (κ1) is 16.5. The number of hydrogen-bond donors (Lipinski definition) is 2. The summed E-state index contributed by atoms with van der Waals surface area (Å²) in [6.45, 7) is 4.78. The number of nitrogens with one attached hydrogen (secondary N) is 2. The van der Waals surface area contributed by atoms with E-state index in [0.29, 0.717) is 27.0 Å². The highest BCUT2D eigenvalue weighted by atomic mass is 79.9. The summed E-state index contributed by atoms with van der Waals surface area (Å²) in [4.78, 5) is 0.996. The summed E-state index contributed by atoms with van der Waals surface area (Å²) >= 11 is 4.61. The third-order valence-corrected chi connectivity index (χ3v) is 6.34. The summed E-state index contributed by atoms with van der Waals surface area (Å²) in [5.74, 6) is 0. The Morgan fingerprint density at radius 3 is 2.57 bits per heavy atom. The molecule has 7 heteroatoms. The molecule has 1 aromatic heterocycles. The molecule has 4 nitrogen and oxygen atoms in total. The normalized spacial score (nSPS) is 11.8. The van der Waals surface area contributed by atoms with Crippen molar-refractivity contribution in [2.75, 3.05) is 4.72 Å². The molecule has 0 bridgehead atoms. The Morgan fingerprint density at radius 1 is 1.19 bits per heavy atom. The summed E-state index contributed by atoms with van der Waals surface area (Å²) in [7, 11) is -3.54. The standard InChI is InChI=1S/C14H17BrN2O2S2/c1-10(2)16-9-11-7-8-14(20-11)21(18,19)17-13-6-4-3-5-12(13)15/h3-8,10,16-17H,9H2,1-2H3. The molecule has 0 amide bonds. The van der Waals surface area contributed by atoms with E-state index in [9.17, 15) is 8.42 Å². The van der Waals surface area contributed by atoms with Crippen molar-refractivity contribution in [2.45, 2.75) is 30.6 Å². The average Bonchev–Trinajstić information content (AvgIpc) is 2.88. The van der Waals surface area contributed by atoms with Gasteiger partial charge in [-0.2, -0.15) is 0 Å². The molecule has 0 radical (unpaired) electrons. The van der Waals surface area contributed by atoms with Gasteiger partial charge in [0.15, 0.2) is 0 Å². The van der Waals surface area contributed by atoms with Crippen LogP contribution in [0.15, 0.2) is 45.1 Å². The molecule has 0 aliphatic heterocycles. The first-order valence-electron chi connectivity index (χ1n) is 6.48. The third-order valence-electron chi connectivity index (χ3n) is 2.70. The Balaban J connectivity index is 2.15. The van der Waals surface area contributed by atoms with Crippen LogP contribution >= 0.6 is 27.3 Å². The summed E-state index contributed by atoms with van der Waals surface area (Å²) in [6.07, 6.45) is 0. The van der Waals surface area contributed by atoms with Crippen LogP contribution in [-0.2, 0) is 16.6 Å². The summed E-state index contributed by atoms with van der Waals surface area (Å²) in [6, 6.07) is 11.0. The fraction of sp³-hybridized carbons (Fsp3) is 0.286. The predicted octanol–water partition coefficient (Wildman–Crippen LogP) is 3.81. The van der Waals surface area contributed by atoms with Crippen LogP contribution in [-0.4, -0.2) is 14.5 Å². The van der Waals surface area contributed by atoms with Gasteiger partial charge in [-0.25, -0.2) is 8.42 Å². The molecule has 0 saturated heterocycles. The highest BCUT2D eigenvalue weighted by Gasteiger charge is 2.18. The third kappa shape index (κ3) is 4.54. The fourth-order valence-corrected chi connectivity index (χ4v) is 4.54. The van der Waals surface area contributed by atoms with Gasteiger partial charge in [0.2, 0.25) is 0 Å². The van der Waals surface area contributed by atoms with Crippen LogP contribution in [0.1, 0.15) is 18.7 Å². The maximum atomic E-state index is 12.4. The molecule has 0 fully saturated rings. The van der Waals surface area contributed by atoms with Crippen LogP contribution in [0.2, 0.25) is 0 Å². The first-order chi connectivity index (χ1) is 9.88. The minimum atomic E-state index is -3.54. The van der Waals surface area contributed by atoms with E-state index in [1.807, 2.05) is 12.1 Å². The number of hydrogen-bond acceptors (Lipinski definition) is 4. The molecule has 0 atom stereocenters. The first-order valence-corrected chi connectivity index (χ1v) is 9.57. The van der Waals surface area contributed by atoms with E-state index in [1.165, 1.54) is 11.3 Å². The predicted molar refractivity (Wildman–Crippen MR) is 91.2 cm³/mol. The van der Waals surface area contributed by atoms with E-state index in [4.69, 9.17) is 0 Å². The summed E-state index contributed by atoms with van der Waals surface area (Å²) in [5, 5.41) is 3.27. The molecule has 0 aliphatic carbocycles. The molecule has 2 aromatic rings. The van der Waals surface area contributed by atoms with E-state index in [0.717, 1.165) is 4.88 Å². The molecule has 114 valence electrons. The lowest BCUT2D eigenvalue weighted by Crippen LogP contribution is -2.21. The Labute approximate surface area is 137 Å². The summed E-state index contributed by atoms with van der Waals surface area (Å²) < 4.78 is 28.4. The lowest BCUT2D eigenvalue weighted by molar-refractivity contribution is 0.593. The smallest absolute Gasteiger partial charge is 0.271 e. The molecule has 1 aromatic carbocycles. The zero-order valence-electron chi connectivity index (χ0n) is 11.8. The van der Waals surface area contributed by atoms with Crippen LogP contribution in [0.3, 0.4) is 0 Å². The molecule has 0 aliphatic rings. The number of rotatable bonds is 6. The molecular weight excluding hydrogens is 372 g/mol. The lowest BCUT2D eigenvalue weighted by Gasteiger charge is -2.08. The van der Waals surface area contributed by atoms with Crippen molar-refractivity contribution in [2.24, 2.45) is 0 Å². The lowest BCUT2D eigenvalue weighted by atomic mass is 10.3. The second-order valence-corrected chi connectivity index (χ2v) is 8.77. The van der Waals surface area contributed by atoms with Crippen LogP contribution in [0.5, 0.6) is 0 Å². The van der Waals surface area contributed by atoms with Gasteiger partial charge in [0.25, 0.3) is 10.0 Å². The van der Waals surface area contributed by atoms with Crippen molar-refractivity contribution in [3.05, 3.63) is 45.7 Å². The largest absolute Gasteiger partial charge is 0.310 e. The van der Waals surface area contributed by atoms with Gasteiger partial charge in [-0.15, -0.1) is 11.3 Å². The van der Waals surface area contributed by atoms with Gasteiger partial charge in [0.05, 0.1) is 5.69 Å². The number of halogens is 1. The fourth-order valence-electron chi connectivity index (χ4n) is 1.64. The zero-order chi connectivity index (χ0) is 15.5. The number of sulfonamides is 1. The molecule has 21 heavy (non-hydrogen) atoms. The van der Waals surface area contributed by atoms with Gasteiger partial charge >= 0.3 is 0 Å². The molecule has 2 rings (SSSR count). The molecule has 0 unspecified atom stereocenters. The molecule has 0 saturated carbocycles. The van der Waals surface area contributed by atoms with Crippen molar-refractivity contribution in [3.8, 4) is 0 Å². The average molecular weight is 389 g/mol. The Morgan fingerprint density at radius 2 is 1.90 bits per heavy atom. The number of thiophene rings is 1. The minimum absolute atomic E-state index is 0.318.